The predicted octanol–water partition coefficient (Wildman–Crippen LogP) is 26.3. The van der Waals surface area contributed by atoms with E-state index in [1.807, 2.05) is 0 Å². The first-order chi connectivity index (χ1) is 53.1. The SMILES string of the molecule is CC1(C)OB(c2ccc(-c3c(-c4ccccc4)c(-c4ccc(-n5c6ccccc6c6ccc(-c7ccccc7)cc65)cc4)c(-c4ccc(-n5c6ccccc6c6ccc(-c7ccccc7)cc65)cc4)c(-c4ccccc4)c3-c3ccc(-n4c5ccccc5c5ccc(-c6ccccc6)cc54)cc3)cc2)OC1(C)C. The fourth-order valence-corrected chi connectivity index (χ4v) is 17.0. The Bertz CT molecular complexity index is 6650. The molecule has 1 saturated heterocycles. The van der Waals surface area contributed by atoms with Crippen molar-refractivity contribution in [3.05, 3.63) is 376 Å². The maximum atomic E-state index is 6.80. The molecule has 0 amide bonds. The van der Waals surface area contributed by atoms with Gasteiger partial charge >= 0.3 is 7.12 Å². The van der Waals surface area contributed by atoms with Gasteiger partial charge < -0.3 is 23.0 Å². The highest BCUT2D eigenvalue weighted by Crippen LogP contribution is 2.57. The third-order valence-corrected chi connectivity index (χ3v) is 22.9. The zero-order valence-corrected chi connectivity index (χ0v) is 60.5. The van der Waals surface area contributed by atoms with Crippen molar-refractivity contribution in [3.8, 4) is 117 Å². The summed E-state index contributed by atoms with van der Waals surface area (Å²) in [5.41, 5.74) is 30.2. The number of fused-ring (bicyclic) bond motifs is 9. The van der Waals surface area contributed by atoms with Crippen LogP contribution < -0.4 is 5.46 Å². The van der Waals surface area contributed by atoms with E-state index in [-0.39, 0.29) is 0 Å². The van der Waals surface area contributed by atoms with Crippen LogP contribution in [0.15, 0.2) is 376 Å². The van der Waals surface area contributed by atoms with Crippen LogP contribution in [0.4, 0.5) is 0 Å². The molecule has 1 aliphatic heterocycles. The third kappa shape index (κ3) is 10.8. The Morgan fingerprint density at radius 3 is 0.685 bits per heavy atom. The van der Waals surface area contributed by atoms with Gasteiger partial charge in [-0.15, -0.1) is 0 Å². The number of nitrogens with zero attached hydrogens (tertiary/aromatic N) is 3. The second-order valence-electron chi connectivity index (χ2n) is 29.7. The van der Waals surface area contributed by atoms with Crippen molar-refractivity contribution >= 4 is 78.0 Å². The Balaban J connectivity index is 0.876. The van der Waals surface area contributed by atoms with E-state index in [1.54, 1.807) is 0 Å². The molecule has 19 aromatic rings. The Hall–Kier alpha value is -13.1. The summed E-state index contributed by atoms with van der Waals surface area (Å²) in [5.74, 6) is 0. The molecule has 5 nitrogen and oxygen atoms in total. The van der Waals surface area contributed by atoms with Crippen molar-refractivity contribution in [2.45, 2.75) is 38.9 Å². The van der Waals surface area contributed by atoms with Crippen LogP contribution >= 0.6 is 0 Å². The van der Waals surface area contributed by atoms with E-state index in [0.29, 0.717) is 0 Å². The van der Waals surface area contributed by atoms with Gasteiger partial charge in [0.2, 0.25) is 0 Å². The summed E-state index contributed by atoms with van der Waals surface area (Å²) in [4.78, 5) is 0. The van der Waals surface area contributed by atoms with E-state index in [4.69, 9.17) is 9.31 Å². The quantitative estimate of drug-likeness (QED) is 0.108. The molecule has 0 radical (unpaired) electrons. The van der Waals surface area contributed by atoms with E-state index in [1.165, 1.54) is 65.7 Å². The van der Waals surface area contributed by atoms with E-state index in [2.05, 4.69) is 418 Å². The van der Waals surface area contributed by atoms with Gasteiger partial charge in [0, 0.05) is 49.4 Å². The lowest BCUT2D eigenvalue weighted by Crippen LogP contribution is -2.41. The van der Waals surface area contributed by atoms with Crippen molar-refractivity contribution in [1.29, 1.82) is 0 Å². The summed E-state index contributed by atoms with van der Waals surface area (Å²) in [6.45, 7) is 8.50. The van der Waals surface area contributed by atoms with Crippen LogP contribution in [0.25, 0.3) is 183 Å². The number of hydrogen-bond donors (Lipinski definition) is 0. The van der Waals surface area contributed by atoms with Crippen molar-refractivity contribution in [1.82, 2.24) is 13.7 Å². The monoisotopic (exact) mass is 1380 g/mol. The van der Waals surface area contributed by atoms with Crippen LogP contribution in [0.5, 0.6) is 0 Å². The van der Waals surface area contributed by atoms with E-state index < -0.39 is 18.3 Å². The summed E-state index contributed by atoms with van der Waals surface area (Å²) in [7, 11) is -0.554. The van der Waals surface area contributed by atoms with Gasteiger partial charge in [-0.05, 0) is 206 Å². The number of rotatable bonds is 13. The molecule has 1 fully saturated rings. The van der Waals surface area contributed by atoms with Gasteiger partial charge in [0.1, 0.15) is 0 Å². The van der Waals surface area contributed by atoms with Crippen LogP contribution in [0.2, 0.25) is 0 Å². The zero-order valence-electron chi connectivity index (χ0n) is 60.5. The summed E-state index contributed by atoms with van der Waals surface area (Å²) < 4.78 is 21.0. The highest BCUT2D eigenvalue weighted by atomic mass is 16.7. The molecule has 4 heterocycles. The van der Waals surface area contributed by atoms with Gasteiger partial charge in [0.15, 0.2) is 0 Å². The number of para-hydroxylation sites is 3. The molecule has 0 bridgehead atoms. The average molecular weight is 1380 g/mol. The number of hydrogen-bond acceptors (Lipinski definition) is 2. The molecule has 1 aliphatic rings. The summed E-state index contributed by atoms with van der Waals surface area (Å²) in [6.07, 6.45) is 0. The molecule has 0 unspecified atom stereocenters. The van der Waals surface area contributed by atoms with Crippen LogP contribution in [0.3, 0.4) is 0 Å². The highest BCUT2D eigenvalue weighted by molar-refractivity contribution is 6.62. The normalized spacial score (nSPS) is 13.4. The maximum Gasteiger partial charge on any atom is 0.494 e. The van der Waals surface area contributed by atoms with E-state index in [9.17, 15) is 0 Å². The predicted molar refractivity (Wildman–Crippen MR) is 454 cm³/mol. The number of benzene rings is 16. The summed E-state index contributed by atoms with van der Waals surface area (Å²) >= 11 is 0. The van der Waals surface area contributed by atoms with Crippen LogP contribution in [0.1, 0.15) is 27.7 Å². The van der Waals surface area contributed by atoms with Crippen molar-refractivity contribution in [2.75, 3.05) is 0 Å². The van der Waals surface area contributed by atoms with Crippen LogP contribution in [0, 0.1) is 0 Å². The van der Waals surface area contributed by atoms with Crippen molar-refractivity contribution in [2.24, 2.45) is 0 Å². The first-order valence-electron chi connectivity index (χ1n) is 37.5. The minimum absolute atomic E-state index is 0.523. The molecule has 0 spiro atoms. The Morgan fingerprint density at radius 2 is 0.407 bits per heavy atom. The average Bonchev–Trinajstić information content (AvgIpc) is 1.10. The van der Waals surface area contributed by atoms with Crippen molar-refractivity contribution in [3.63, 3.8) is 0 Å². The van der Waals surface area contributed by atoms with Gasteiger partial charge in [-0.1, -0.05) is 303 Å². The third-order valence-electron chi connectivity index (χ3n) is 22.9. The molecular weight excluding hydrogens is 1310 g/mol. The molecule has 20 rings (SSSR count). The first-order valence-corrected chi connectivity index (χ1v) is 37.5. The second-order valence-corrected chi connectivity index (χ2v) is 29.7. The number of aromatic nitrogens is 3. The molecule has 3 aromatic heterocycles. The standard InChI is InChI=1S/C102H74BN3O2/c1-101(2)102(3,4)108-103(107-101)79-53-42-72(43-54-79)97-95(70-32-16-8-17-33-70)99(74-46-57-81(58-47-74)105-90-40-24-21-37-84(90)87-62-51-77(65-93(87)105)68-28-12-6-13-29-68)100(75-48-59-82(60-49-75)106-91-41-25-22-38-85(91)88-63-52-78(66-94(88)106)69-30-14-7-15-31-69)96(71-34-18-9-19-35-71)98(97)73-44-55-80(56-45-73)104-89-39-23-20-36-83(89)86-61-50-76(64-92(86)104)67-26-10-5-11-27-67/h5-66H,1-4H3. The molecule has 0 atom stereocenters. The molecule has 0 aliphatic carbocycles. The van der Waals surface area contributed by atoms with Crippen LogP contribution in [-0.4, -0.2) is 32.0 Å². The summed E-state index contributed by atoms with van der Waals surface area (Å²) in [5, 5.41) is 7.26. The molecule has 512 valence electrons. The lowest BCUT2D eigenvalue weighted by molar-refractivity contribution is 0.00578. The molecule has 0 saturated carbocycles. The van der Waals surface area contributed by atoms with Gasteiger partial charge in [-0.3, -0.25) is 0 Å². The first kappa shape index (κ1) is 64.5. The highest BCUT2D eigenvalue weighted by Gasteiger charge is 2.51. The minimum Gasteiger partial charge on any atom is -0.399 e. The van der Waals surface area contributed by atoms with Gasteiger partial charge in [-0.2, -0.15) is 0 Å². The Morgan fingerprint density at radius 1 is 0.194 bits per heavy atom. The van der Waals surface area contributed by atoms with Crippen molar-refractivity contribution < 1.29 is 9.31 Å². The Kier molecular flexibility index (Phi) is 15.5. The smallest absolute Gasteiger partial charge is 0.399 e. The lowest BCUT2D eigenvalue weighted by atomic mass is 9.73. The van der Waals surface area contributed by atoms with Gasteiger partial charge in [0.25, 0.3) is 0 Å². The van der Waals surface area contributed by atoms with Crippen LogP contribution in [-0.2, 0) is 9.31 Å². The topological polar surface area (TPSA) is 33.2 Å². The van der Waals surface area contributed by atoms with E-state index >= 15 is 0 Å². The minimum atomic E-state index is -0.554. The van der Waals surface area contributed by atoms with Gasteiger partial charge in [0.05, 0.1) is 44.3 Å². The molecular formula is C102H74BN3O2. The second kappa shape index (κ2) is 25.9. The molecule has 0 N–H and O–H groups in total. The summed E-state index contributed by atoms with van der Waals surface area (Å²) in [6, 6.07) is 139. The Labute approximate surface area is 629 Å². The van der Waals surface area contributed by atoms with Gasteiger partial charge in [-0.25, -0.2) is 0 Å². The largest absolute Gasteiger partial charge is 0.494 e. The fraction of sp³-hybridized carbons (Fsp3) is 0.0588. The molecule has 16 aromatic carbocycles. The zero-order chi connectivity index (χ0) is 72.2. The lowest BCUT2D eigenvalue weighted by Gasteiger charge is -2.32. The fourth-order valence-electron chi connectivity index (χ4n) is 17.0. The molecule has 108 heavy (non-hydrogen) atoms. The maximum absolute atomic E-state index is 6.80. The van der Waals surface area contributed by atoms with E-state index in [0.717, 1.165) is 122 Å². The molecule has 6 heteroatoms.